The number of nitrogens with zero attached hydrogens (tertiary/aromatic N) is 1. The number of rotatable bonds is 3. The molecule has 1 heterocycles. The lowest BCUT2D eigenvalue weighted by molar-refractivity contribution is -0.138. The van der Waals surface area contributed by atoms with Gasteiger partial charge in [0.2, 0.25) is 0 Å². The van der Waals surface area contributed by atoms with E-state index in [1.807, 2.05) is 4.90 Å². The zero-order chi connectivity index (χ0) is 11.5. The first-order chi connectivity index (χ1) is 7.66. The molecule has 0 aliphatic carbocycles. The third-order valence-corrected chi connectivity index (χ3v) is 2.96. The molecule has 1 aromatic carbocycles. The minimum absolute atomic E-state index is 0.0576. The first-order valence-corrected chi connectivity index (χ1v) is 5.38. The molecule has 1 N–H and O–H groups in total. The first kappa shape index (κ1) is 11.1. The zero-order valence-electron chi connectivity index (χ0n) is 8.90. The molecular formula is C12H14FNO2. The molecule has 0 bridgehead atoms. The van der Waals surface area contributed by atoms with Gasteiger partial charge >= 0.3 is 5.97 Å². The molecule has 86 valence electrons. The zero-order valence-corrected chi connectivity index (χ0v) is 8.90. The van der Waals surface area contributed by atoms with Crippen LogP contribution in [0.25, 0.3) is 0 Å². The number of hydrogen-bond donors (Lipinski definition) is 1. The van der Waals surface area contributed by atoms with Crippen LogP contribution in [0.1, 0.15) is 24.4 Å². The van der Waals surface area contributed by atoms with Crippen molar-refractivity contribution in [2.75, 3.05) is 13.1 Å². The highest BCUT2D eigenvalue weighted by Gasteiger charge is 2.27. The maximum atomic E-state index is 12.8. The highest BCUT2D eigenvalue weighted by atomic mass is 19.1. The summed E-state index contributed by atoms with van der Waals surface area (Å²) >= 11 is 0. The molecular weight excluding hydrogens is 209 g/mol. The summed E-state index contributed by atoms with van der Waals surface area (Å²) < 4.78 is 12.8. The second-order valence-electron chi connectivity index (χ2n) is 4.07. The van der Waals surface area contributed by atoms with Crippen LogP contribution in [0.5, 0.6) is 0 Å². The molecule has 0 radical (unpaired) electrons. The minimum Gasteiger partial charge on any atom is -0.480 e. The van der Waals surface area contributed by atoms with E-state index < -0.39 is 5.97 Å². The fourth-order valence-electron chi connectivity index (χ4n) is 2.25. The maximum Gasteiger partial charge on any atom is 0.317 e. The van der Waals surface area contributed by atoms with Crippen LogP contribution in [-0.4, -0.2) is 29.1 Å². The molecule has 1 fully saturated rings. The van der Waals surface area contributed by atoms with Gasteiger partial charge in [0.1, 0.15) is 5.82 Å². The lowest BCUT2D eigenvalue weighted by Gasteiger charge is -2.22. The van der Waals surface area contributed by atoms with E-state index in [0.29, 0.717) is 0 Å². The van der Waals surface area contributed by atoms with Gasteiger partial charge in [0.15, 0.2) is 0 Å². The summed E-state index contributed by atoms with van der Waals surface area (Å²) in [5.74, 6) is -1.07. The molecule has 3 nitrogen and oxygen atoms in total. The Kier molecular flexibility index (Phi) is 3.19. The van der Waals surface area contributed by atoms with Crippen LogP contribution in [0, 0.1) is 5.82 Å². The Bertz CT molecular complexity index is 377. The van der Waals surface area contributed by atoms with Crippen molar-refractivity contribution in [2.45, 2.75) is 18.9 Å². The lowest BCUT2D eigenvalue weighted by atomic mass is 10.0. The molecule has 1 aliphatic rings. The summed E-state index contributed by atoms with van der Waals surface area (Å²) in [6.45, 7) is 0.858. The summed E-state index contributed by atoms with van der Waals surface area (Å²) in [7, 11) is 0. The predicted molar refractivity (Wildman–Crippen MR) is 57.6 cm³/mol. The van der Waals surface area contributed by atoms with Gasteiger partial charge in [0.25, 0.3) is 0 Å². The van der Waals surface area contributed by atoms with E-state index >= 15 is 0 Å². The SMILES string of the molecule is O=C(O)CN1CCC[C@@H]1c1ccc(F)cc1. The minimum atomic E-state index is -0.811. The fourth-order valence-corrected chi connectivity index (χ4v) is 2.25. The largest absolute Gasteiger partial charge is 0.480 e. The molecule has 1 aliphatic heterocycles. The van der Waals surface area contributed by atoms with E-state index in [0.717, 1.165) is 24.9 Å². The average molecular weight is 223 g/mol. The van der Waals surface area contributed by atoms with Gasteiger partial charge < -0.3 is 5.11 Å². The summed E-state index contributed by atoms with van der Waals surface area (Å²) in [6.07, 6.45) is 1.94. The van der Waals surface area contributed by atoms with E-state index in [4.69, 9.17) is 5.11 Å². The number of carboxylic acid groups (broad SMARTS) is 1. The van der Waals surface area contributed by atoms with Crippen LogP contribution in [0.2, 0.25) is 0 Å². The van der Waals surface area contributed by atoms with Crippen molar-refractivity contribution in [2.24, 2.45) is 0 Å². The van der Waals surface area contributed by atoms with E-state index in [1.54, 1.807) is 12.1 Å². The summed E-state index contributed by atoms with van der Waals surface area (Å²) in [6, 6.07) is 6.44. The Morgan fingerprint density at radius 2 is 2.12 bits per heavy atom. The van der Waals surface area contributed by atoms with Crippen molar-refractivity contribution in [1.29, 1.82) is 0 Å². The van der Waals surface area contributed by atoms with Gasteiger partial charge in [-0.2, -0.15) is 0 Å². The Morgan fingerprint density at radius 3 is 2.75 bits per heavy atom. The Morgan fingerprint density at radius 1 is 1.44 bits per heavy atom. The Hall–Kier alpha value is -1.42. The molecule has 0 saturated carbocycles. The van der Waals surface area contributed by atoms with E-state index in [9.17, 15) is 9.18 Å². The summed E-state index contributed by atoms with van der Waals surface area (Å²) in [5.41, 5.74) is 1.00. The van der Waals surface area contributed by atoms with Crippen LogP contribution in [0.4, 0.5) is 4.39 Å². The lowest BCUT2D eigenvalue weighted by Crippen LogP contribution is -2.29. The van der Waals surface area contributed by atoms with Gasteiger partial charge in [-0.1, -0.05) is 12.1 Å². The van der Waals surface area contributed by atoms with Crippen LogP contribution < -0.4 is 0 Å². The Labute approximate surface area is 93.5 Å². The number of carbonyl (C=O) groups is 1. The number of aliphatic carboxylic acids is 1. The third-order valence-electron chi connectivity index (χ3n) is 2.96. The van der Waals surface area contributed by atoms with E-state index in [1.165, 1.54) is 12.1 Å². The molecule has 0 spiro atoms. The first-order valence-electron chi connectivity index (χ1n) is 5.38. The van der Waals surface area contributed by atoms with Crippen molar-refractivity contribution in [3.05, 3.63) is 35.6 Å². The highest BCUT2D eigenvalue weighted by molar-refractivity contribution is 5.69. The van der Waals surface area contributed by atoms with Gasteiger partial charge in [0, 0.05) is 6.04 Å². The topological polar surface area (TPSA) is 40.5 Å². The molecule has 1 atom stereocenters. The summed E-state index contributed by atoms with van der Waals surface area (Å²) in [5, 5.41) is 8.78. The maximum absolute atomic E-state index is 12.8. The van der Waals surface area contributed by atoms with Gasteiger partial charge in [-0.3, -0.25) is 9.69 Å². The van der Waals surface area contributed by atoms with E-state index in [2.05, 4.69) is 0 Å². The molecule has 4 heteroatoms. The number of halogens is 1. The Balaban J connectivity index is 2.13. The smallest absolute Gasteiger partial charge is 0.317 e. The molecule has 0 unspecified atom stereocenters. The molecule has 16 heavy (non-hydrogen) atoms. The quantitative estimate of drug-likeness (QED) is 0.852. The number of hydrogen-bond acceptors (Lipinski definition) is 2. The van der Waals surface area contributed by atoms with Crippen LogP contribution in [0.15, 0.2) is 24.3 Å². The molecule has 0 amide bonds. The standard InChI is InChI=1S/C12H14FNO2/c13-10-5-3-9(4-6-10)11-2-1-7-14(11)8-12(15)16/h3-6,11H,1-2,7-8H2,(H,15,16)/t11-/m1/s1. The van der Waals surface area contributed by atoms with Crippen molar-refractivity contribution >= 4 is 5.97 Å². The molecule has 0 aromatic heterocycles. The van der Waals surface area contributed by atoms with Gasteiger partial charge in [-0.15, -0.1) is 0 Å². The van der Waals surface area contributed by atoms with Gasteiger partial charge in [-0.25, -0.2) is 4.39 Å². The van der Waals surface area contributed by atoms with Crippen molar-refractivity contribution in [3.8, 4) is 0 Å². The van der Waals surface area contributed by atoms with Crippen LogP contribution >= 0.6 is 0 Å². The second kappa shape index (κ2) is 4.61. The highest BCUT2D eigenvalue weighted by Crippen LogP contribution is 2.31. The third kappa shape index (κ3) is 2.39. The van der Waals surface area contributed by atoms with E-state index in [-0.39, 0.29) is 18.4 Å². The fraction of sp³-hybridized carbons (Fsp3) is 0.417. The predicted octanol–water partition coefficient (Wildman–Crippen LogP) is 2.05. The number of benzene rings is 1. The van der Waals surface area contributed by atoms with Crippen molar-refractivity contribution < 1.29 is 14.3 Å². The molecule has 2 rings (SSSR count). The monoisotopic (exact) mass is 223 g/mol. The molecule has 1 saturated heterocycles. The van der Waals surface area contributed by atoms with Crippen molar-refractivity contribution in [3.63, 3.8) is 0 Å². The van der Waals surface area contributed by atoms with Crippen LogP contribution in [0.3, 0.4) is 0 Å². The normalized spacial score (nSPS) is 21.2. The second-order valence-corrected chi connectivity index (χ2v) is 4.07. The molecule has 1 aromatic rings. The average Bonchev–Trinajstić information content (AvgIpc) is 2.66. The van der Waals surface area contributed by atoms with Crippen LogP contribution in [-0.2, 0) is 4.79 Å². The van der Waals surface area contributed by atoms with Gasteiger partial charge in [-0.05, 0) is 37.1 Å². The number of carboxylic acids is 1. The summed E-state index contributed by atoms with van der Waals surface area (Å²) in [4.78, 5) is 12.6. The van der Waals surface area contributed by atoms with Gasteiger partial charge in [0.05, 0.1) is 6.54 Å². The van der Waals surface area contributed by atoms with Crippen molar-refractivity contribution in [1.82, 2.24) is 4.90 Å². The number of likely N-dealkylation sites (tertiary alicyclic amines) is 1.